The van der Waals surface area contributed by atoms with Gasteiger partial charge in [-0.2, -0.15) is 0 Å². The number of ether oxygens (including phenoxy) is 1. The first-order chi connectivity index (χ1) is 7.01. The van der Waals surface area contributed by atoms with Gasteiger partial charge in [-0.3, -0.25) is 0 Å². The van der Waals surface area contributed by atoms with Crippen LogP contribution in [0.5, 0.6) is 5.75 Å². The molecule has 0 atom stereocenters. The van der Waals surface area contributed by atoms with Crippen LogP contribution in [-0.4, -0.2) is 12.1 Å². The van der Waals surface area contributed by atoms with E-state index < -0.39 is 5.54 Å². The first-order valence-electron chi connectivity index (χ1n) is 5.06. The number of rotatable bonds is 2. The Kier molecular flexibility index (Phi) is 3.76. The van der Waals surface area contributed by atoms with Gasteiger partial charge in [0.2, 0.25) is 0 Å². The summed E-state index contributed by atoms with van der Waals surface area (Å²) in [5.74, 6) is 6.87. The third-order valence-corrected chi connectivity index (χ3v) is 1.69. The summed E-state index contributed by atoms with van der Waals surface area (Å²) in [6.45, 7) is 6.41. The van der Waals surface area contributed by atoms with Crippen LogP contribution in [0.25, 0.3) is 0 Å². The number of nitrogens with two attached hydrogens (primary N) is 1. The molecule has 1 aromatic carbocycles. The summed E-state index contributed by atoms with van der Waals surface area (Å²) in [6, 6.07) is 7.70. The average Bonchev–Trinajstić information content (AvgIpc) is 2.16. The lowest BCUT2D eigenvalue weighted by atomic mass is 10.1. The van der Waals surface area contributed by atoms with E-state index in [0.717, 1.165) is 11.3 Å². The molecule has 0 fully saturated rings. The summed E-state index contributed by atoms with van der Waals surface area (Å²) in [7, 11) is 0. The van der Waals surface area contributed by atoms with Crippen LogP contribution >= 0.6 is 0 Å². The summed E-state index contributed by atoms with van der Waals surface area (Å²) in [5.41, 5.74) is 6.27. The second-order valence-electron chi connectivity index (χ2n) is 3.93. The van der Waals surface area contributed by atoms with Gasteiger partial charge in [-0.05, 0) is 45.0 Å². The van der Waals surface area contributed by atoms with Crippen molar-refractivity contribution in [1.29, 1.82) is 0 Å². The standard InChI is InChI=1S/C13H17NO/c1-4-15-12-7-5-11(6-8-12)9-10-13(2,3)14/h5-8H,4,14H2,1-3H3. The van der Waals surface area contributed by atoms with Gasteiger partial charge in [0.05, 0.1) is 12.1 Å². The summed E-state index contributed by atoms with van der Waals surface area (Å²) < 4.78 is 5.33. The highest BCUT2D eigenvalue weighted by Crippen LogP contribution is 2.11. The molecule has 0 unspecified atom stereocenters. The fourth-order valence-electron chi connectivity index (χ4n) is 1.03. The molecule has 0 amide bonds. The average molecular weight is 203 g/mol. The van der Waals surface area contributed by atoms with E-state index in [0.29, 0.717) is 6.61 Å². The maximum atomic E-state index is 5.76. The SMILES string of the molecule is CCOc1ccc(C#CC(C)(C)N)cc1. The molecule has 0 aromatic heterocycles. The van der Waals surface area contributed by atoms with E-state index in [1.165, 1.54) is 0 Å². The van der Waals surface area contributed by atoms with E-state index in [1.807, 2.05) is 45.0 Å². The van der Waals surface area contributed by atoms with Gasteiger partial charge in [-0.15, -0.1) is 0 Å². The van der Waals surface area contributed by atoms with E-state index in [2.05, 4.69) is 11.8 Å². The number of benzene rings is 1. The monoisotopic (exact) mass is 203 g/mol. The molecule has 0 bridgehead atoms. The van der Waals surface area contributed by atoms with Crippen molar-refractivity contribution in [2.24, 2.45) is 5.73 Å². The molecule has 2 nitrogen and oxygen atoms in total. The zero-order valence-electron chi connectivity index (χ0n) is 9.50. The normalized spacial score (nSPS) is 10.4. The van der Waals surface area contributed by atoms with Gasteiger partial charge >= 0.3 is 0 Å². The number of hydrogen-bond donors (Lipinski definition) is 1. The lowest BCUT2D eigenvalue weighted by Crippen LogP contribution is -2.29. The van der Waals surface area contributed by atoms with Crippen LogP contribution in [0, 0.1) is 11.8 Å². The minimum Gasteiger partial charge on any atom is -0.494 e. The summed E-state index contributed by atoms with van der Waals surface area (Å²) in [4.78, 5) is 0. The van der Waals surface area contributed by atoms with Gasteiger partial charge in [0, 0.05) is 5.56 Å². The summed E-state index contributed by atoms with van der Waals surface area (Å²) >= 11 is 0. The van der Waals surface area contributed by atoms with Gasteiger partial charge in [-0.25, -0.2) is 0 Å². The van der Waals surface area contributed by atoms with Gasteiger partial charge in [-0.1, -0.05) is 11.8 Å². The Morgan fingerprint density at radius 1 is 1.27 bits per heavy atom. The molecule has 0 spiro atoms. The van der Waals surface area contributed by atoms with E-state index in [1.54, 1.807) is 0 Å². The van der Waals surface area contributed by atoms with Crippen LogP contribution in [0.1, 0.15) is 26.3 Å². The molecule has 1 aromatic rings. The third kappa shape index (κ3) is 4.53. The Balaban J connectivity index is 2.75. The predicted octanol–water partition coefficient (Wildman–Crippen LogP) is 2.17. The maximum Gasteiger partial charge on any atom is 0.119 e. The lowest BCUT2D eigenvalue weighted by Gasteiger charge is -2.07. The maximum absolute atomic E-state index is 5.76. The Bertz CT molecular complexity index is 362. The van der Waals surface area contributed by atoms with Crippen LogP contribution in [0.3, 0.4) is 0 Å². The minimum atomic E-state index is -0.446. The van der Waals surface area contributed by atoms with Gasteiger partial charge in [0.25, 0.3) is 0 Å². The van der Waals surface area contributed by atoms with Crippen molar-refractivity contribution in [1.82, 2.24) is 0 Å². The molecule has 2 N–H and O–H groups in total. The van der Waals surface area contributed by atoms with Gasteiger partial charge in [0.15, 0.2) is 0 Å². The van der Waals surface area contributed by atoms with Crippen LogP contribution < -0.4 is 10.5 Å². The smallest absolute Gasteiger partial charge is 0.119 e. The molecule has 2 heteroatoms. The Morgan fingerprint density at radius 3 is 2.33 bits per heavy atom. The van der Waals surface area contributed by atoms with Crippen molar-refractivity contribution in [2.45, 2.75) is 26.3 Å². The largest absolute Gasteiger partial charge is 0.494 e. The van der Waals surface area contributed by atoms with E-state index in [9.17, 15) is 0 Å². The van der Waals surface area contributed by atoms with Crippen molar-refractivity contribution in [3.8, 4) is 17.6 Å². The van der Waals surface area contributed by atoms with Crippen LogP contribution in [0.4, 0.5) is 0 Å². The Morgan fingerprint density at radius 2 is 1.87 bits per heavy atom. The molecule has 80 valence electrons. The first-order valence-corrected chi connectivity index (χ1v) is 5.06. The second-order valence-corrected chi connectivity index (χ2v) is 3.93. The summed E-state index contributed by atoms with van der Waals surface area (Å²) in [5, 5.41) is 0. The topological polar surface area (TPSA) is 35.2 Å². The van der Waals surface area contributed by atoms with E-state index in [-0.39, 0.29) is 0 Å². The molecular formula is C13H17NO. The van der Waals surface area contributed by atoms with Crippen molar-refractivity contribution in [3.05, 3.63) is 29.8 Å². The lowest BCUT2D eigenvalue weighted by molar-refractivity contribution is 0.340. The second kappa shape index (κ2) is 4.86. The van der Waals surface area contributed by atoms with E-state index in [4.69, 9.17) is 10.5 Å². The Hall–Kier alpha value is -1.46. The zero-order chi connectivity index (χ0) is 11.3. The summed E-state index contributed by atoms with van der Waals surface area (Å²) in [6.07, 6.45) is 0. The third-order valence-electron chi connectivity index (χ3n) is 1.69. The highest BCUT2D eigenvalue weighted by atomic mass is 16.5. The van der Waals surface area contributed by atoms with Crippen molar-refractivity contribution in [2.75, 3.05) is 6.61 Å². The van der Waals surface area contributed by atoms with Crippen LogP contribution in [0.2, 0.25) is 0 Å². The molecule has 1 rings (SSSR count). The highest BCUT2D eigenvalue weighted by Gasteiger charge is 2.03. The number of hydrogen-bond acceptors (Lipinski definition) is 2. The van der Waals surface area contributed by atoms with Crippen LogP contribution in [0.15, 0.2) is 24.3 Å². The quantitative estimate of drug-likeness (QED) is 0.748. The minimum absolute atomic E-state index is 0.446. The van der Waals surface area contributed by atoms with Crippen LogP contribution in [-0.2, 0) is 0 Å². The fourth-order valence-corrected chi connectivity index (χ4v) is 1.03. The van der Waals surface area contributed by atoms with Crippen molar-refractivity contribution < 1.29 is 4.74 Å². The van der Waals surface area contributed by atoms with Crippen molar-refractivity contribution >= 4 is 0 Å². The fraction of sp³-hybridized carbons (Fsp3) is 0.385. The molecule has 0 aliphatic rings. The molecular weight excluding hydrogens is 186 g/mol. The predicted molar refractivity (Wildman–Crippen MR) is 62.8 cm³/mol. The van der Waals surface area contributed by atoms with E-state index >= 15 is 0 Å². The molecule has 0 saturated heterocycles. The molecule has 0 radical (unpaired) electrons. The Labute approximate surface area is 91.4 Å². The molecule has 0 aliphatic heterocycles. The molecule has 0 heterocycles. The van der Waals surface area contributed by atoms with Crippen molar-refractivity contribution in [3.63, 3.8) is 0 Å². The van der Waals surface area contributed by atoms with Gasteiger partial charge < -0.3 is 10.5 Å². The molecule has 0 saturated carbocycles. The zero-order valence-corrected chi connectivity index (χ0v) is 9.50. The van der Waals surface area contributed by atoms with Gasteiger partial charge in [0.1, 0.15) is 5.75 Å². The molecule has 0 aliphatic carbocycles. The highest BCUT2D eigenvalue weighted by molar-refractivity contribution is 5.39. The first kappa shape index (κ1) is 11.6. The molecule has 15 heavy (non-hydrogen) atoms.